The van der Waals surface area contributed by atoms with E-state index in [2.05, 4.69) is 17.2 Å². The molecule has 0 amide bonds. The Balaban J connectivity index is 1.79. The Morgan fingerprint density at radius 3 is 3.00 bits per heavy atom. The molecule has 1 aliphatic rings. The number of aliphatic hydroxyl groups is 1. The molecule has 0 radical (unpaired) electrons. The van der Waals surface area contributed by atoms with Crippen molar-refractivity contribution in [2.75, 3.05) is 6.61 Å². The smallest absolute Gasteiger partial charge is 0.0959 e. The number of aromatic nitrogens is 1. The standard InChI is InChI=1S/C13H22N2OS/c1-2-11(6-7-16)14-8-12-9-15-13(17-12)10-4-3-5-10/h9-11,14,16H,2-8H2,1H3. The second-order valence-corrected chi connectivity index (χ2v) is 5.94. The van der Waals surface area contributed by atoms with Crippen LogP contribution in [-0.4, -0.2) is 22.7 Å². The summed E-state index contributed by atoms with van der Waals surface area (Å²) in [5, 5.41) is 13.7. The molecule has 0 bridgehead atoms. The van der Waals surface area contributed by atoms with Crippen LogP contribution in [0.2, 0.25) is 0 Å². The Labute approximate surface area is 107 Å². The van der Waals surface area contributed by atoms with Crippen LogP contribution in [0.4, 0.5) is 0 Å². The molecule has 1 atom stereocenters. The van der Waals surface area contributed by atoms with Crippen molar-refractivity contribution in [1.29, 1.82) is 0 Å². The molecule has 1 unspecified atom stereocenters. The van der Waals surface area contributed by atoms with Crippen molar-refractivity contribution in [3.05, 3.63) is 16.1 Å². The molecular formula is C13H22N2OS. The van der Waals surface area contributed by atoms with E-state index in [0.29, 0.717) is 6.04 Å². The lowest BCUT2D eigenvalue weighted by Crippen LogP contribution is -2.28. The zero-order valence-electron chi connectivity index (χ0n) is 10.5. The molecule has 1 saturated carbocycles. The summed E-state index contributed by atoms with van der Waals surface area (Å²) in [5.41, 5.74) is 0. The highest BCUT2D eigenvalue weighted by Crippen LogP contribution is 2.38. The van der Waals surface area contributed by atoms with E-state index >= 15 is 0 Å². The molecule has 2 rings (SSSR count). The number of thiazole rings is 1. The Kier molecular flexibility index (Phi) is 4.95. The normalized spacial score (nSPS) is 18.0. The zero-order chi connectivity index (χ0) is 12.1. The van der Waals surface area contributed by atoms with Gasteiger partial charge in [0.15, 0.2) is 0 Å². The minimum Gasteiger partial charge on any atom is -0.396 e. The summed E-state index contributed by atoms with van der Waals surface area (Å²) < 4.78 is 0. The highest BCUT2D eigenvalue weighted by molar-refractivity contribution is 7.11. The van der Waals surface area contributed by atoms with Crippen LogP contribution >= 0.6 is 11.3 Å². The summed E-state index contributed by atoms with van der Waals surface area (Å²) >= 11 is 1.85. The van der Waals surface area contributed by atoms with Crippen LogP contribution in [0.3, 0.4) is 0 Å². The zero-order valence-corrected chi connectivity index (χ0v) is 11.3. The van der Waals surface area contributed by atoms with Gasteiger partial charge < -0.3 is 10.4 Å². The lowest BCUT2D eigenvalue weighted by molar-refractivity contribution is 0.262. The Bertz CT molecular complexity index is 336. The van der Waals surface area contributed by atoms with E-state index in [4.69, 9.17) is 5.11 Å². The number of nitrogens with one attached hydrogen (secondary N) is 1. The number of hydrogen-bond acceptors (Lipinski definition) is 4. The van der Waals surface area contributed by atoms with Crippen LogP contribution in [0.25, 0.3) is 0 Å². The van der Waals surface area contributed by atoms with Crippen molar-refractivity contribution in [1.82, 2.24) is 10.3 Å². The van der Waals surface area contributed by atoms with E-state index in [-0.39, 0.29) is 6.61 Å². The highest BCUT2D eigenvalue weighted by atomic mass is 32.1. The van der Waals surface area contributed by atoms with Gasteiger partial charge in [0, 0.05) is 36.2 Å². The van der Waals surface area contributed by atoms with Crippen LogP contribution in [0.1, 0.15) is 54.8 Å². The van der Waals surface area contributed by atoms with E-state index in [1.54, 1.807) is 0 Å². The topological polar surface area (TPSA) is 45.1 Å². The van der Waals surface area contributed by atoms with Crippen LogP contribution in [0, 0.1) is 0 Å². The first-order valence-electron chi connectivity index (χ1n) is 6.62. The SMILES string of the molecule is CCC(CCO)NCc1cnc(C2CCC2)s1. The molecule has 1 heterocycles. The average molecular weight is 254 g/mol. The molecule has 1 aromatic heterocycles. The van der Waals surface area contributed by atoms with Crippen molar-refractivity contribution < 1.29 is 5.11 Å². The fourth-order valence-corrected chi connectivity index (χ4v) is 3.14. The molecule has 1 aromatic rings. The van der Waals surface area contributed by atoms with Gasteiger partial charge in [0.1, 0.15) is 0 Å². The van der Waals surface area contributed by atoms with E-state index in [0.717, 1.165) is 25.3 Å². The minimum absolute atomic E-state index is 0.265. The summed E-state index contributed by atoms with van der Waals surface area (Å²) in [4.78, 5) is 5.84. The molecule has 0 aromatic carbocycles. The molecule has 96 valence electrons. The van der Waals surface area contributed by atoms with Gasteiger partial charge >= 0.3 is 0 Å². The lowest BCUT2D eigenvalue weighted by Gasteiger charge is -2.22. The third kappa shape index (κ3) is 3.50. The van der Waals surface area contributed by atoms with Gasteiger partial charge in [-0.15, -0.1) is 11.3 Å². The summed E-state index contributed by atoms with van der Waals surface area (Å²) in [7, 11) is 0. The predicted molar refractivity (Wildman–Crippen MR) is 71.3 cm³/mol. The largest absolute Gasteiger partial charge is 0.396 e. The van der Waals surface area contributed by atoms with Crippen LogP contribution in [-0.2, 0) is 6.54 Å². The van der Waals surface area contributed by atoms with E-state index < -0.39 is 0 Å². The Morgan fingerprint density at radius 2 is 2.41 bits per heavy atom. The molecule has 0 saturated heterocycles. The maximum Gasteiger partial charge on any atom is 0.0959 e. The minimum atomic E-state index is 0.265. The number of nitrogens with zero attached hydrogens (tertiary/aromatic N) is 1. The quantitative estimate of drug-likeness (QED) is 0.786. The molecule has 2 N–H and O–H groups in total. The summed E-state index contributed by atoms with van der Waals surface area (Å²) in [6.07, 6.45) is 7.92. The van der Waals surface area contributed by atoms with Gasteiger partial charge in [-0.25, -0.2) is 4.98 Å². The third-order valence-electron chi connectivity index (χ3n) is 3.56. The van der Waals surface area contributed by atoms with Crippen molar-refractivity contribution in [3.63, 3.8) is 0 Å². The molecule has 1 fully saturated rings. The molecule has 0 aliphatic heterocycles. The second kappa shape index (κ2) is 6.47. The van der Waals surface area contributed by atoms with Gasteiger partial charge in [-0.05, 0) is 25.7 Å². The molecule has 4 heteroatoms. The van der Waals surface area contributed by atoms with Crippen molar-refractivity contribution in [3.8, 4) is 0 Å². The van der Waals surface area contributed by atoms with Gasteiger partial charge in [0.25, 0.3) is 0 Å². The lowest BCUT2D eigenvalue weighted by atomic mass is 9.86. The first kappa shape index (κ1) is 13.0. The summed E-state index contributed by atoms with van der Waals surface area (Å²) in [5.74, 6) is 0.744. The van der Waals surface area contributed by atoms with Gasteiger partial charge in [0.05, 0.1) is 5.01 Å². The maximum atomic E-state index is 8.93. The summed E-state index contributed by atoms with van der Waals surface area (Å²) in [6, 6.07) is 0.425. The van der Waals surface area contributed by atoms with E-state index in [1.165, 1.54) is 29.1 Å². The van der Waals surface area contributed by atoms with Crippen molar-refractivity contribution >= 4 is 11.3 Å². The predicted octanol–water partition coefficient (Wildman–Crippen LogP) is 2.66. The molecular weight excluding hydrogens is 232 g/mol. The van der Waals surface area contributed by atoms with Crippen LogP contribution < -0.4 is 5.32 Å². The number of rotatable bonds is 7. The Hall–Kier alpha value is -0.450. The Morgan fingerprint density at radius 1 is 1.59 bits per heavy atom. The van der Waals surface area contributed by atoms with Crippen molar-refractivity contribution in [2.45, 2.75) is 57.5 Å². The highest BCUT2D eigenvalue weighted by Gasteiger charge is 2.22. The first-order chi connectivity index (χ1) is 8.33. The van der Waals surface area contributed by atoms with E-state index in [1.807, 2.05) is 17.5 Å². The average Bonchev–Trinajstić information content (AvgIpc) is 2.70. The van der Waals surface area contributed by atoms with Crippen LogP contribution in [0.15, 0.2) is 6.20 Å². The fraction of sp³-hybridized carbons (Fsp3) is 0.769. The fourth-order valence-electron chi connectivity index (χ4n) is 2.10. The second-order valence-electron chi connectivity index (χ2n) is 4.79. The number of hydrogen-bond donors (Lipinski definition) is 2. The third-order valence-corrected chi connectivity index (χ3v) is 4.72. The number of aliphatic hydroxyl groups excluding tert-OH is 1. The molecule has 0 spiro atoms. The van der Waals surface area contributed by atoms with Crippen molar-refractivity contribution in [2.24, 2.45) is 0 Å². The first-order valence-corrected chi connectivity index (χ1v) is 7.44. The monoisotopic (exact) mass is 254 g/mol. The van der Waals surface area contributed by atoms with Gasteiger partial charge in [-0.3, -0.25) is 0 Å². The van der Waals surface area contributed by atoms with Crippen LogP contribution in [0.5, 0.6) is 0 Å². The summed E-state index contributed by atoms with van der Waals surface area (Å²) in [6.45, 7) is 3.31. The molecule has 1 aliphatic carbocycles. The van der Waals surface area contributed by atoms with Gasteiger partial charge in [-0.1, -0.05) is 13.3 Å². The van der Waals surface area contributed by atoms with E-state index in [9.17, 15) is 0 Å². The molecule has 17 heavy (non-hydrogen) atoms. The van der Waals surface area contributed by atoms with Gasteiger partial charge in [-0.2, -0.15) is 0 Å². The maximum absolute atomic E-state index is 8.93. The van der Waals surface area contributed by atoms with Gasteiger partial charge in [0.2, 0.25) is 0 Å². The molecule has 3 nitrogen and oxygen atoms in total.